The summed E-state index contributed by atoms with van der Waals surface area (Å²) in [6.45, 7) is 6.12. The molecule has 0 saturated carbocycles. The van der Waals surface area contributed by atoms with Crippen LogP contribution in [-0.4, -0.2) is 38.8 Å². The molecule has 114 valence electrons. The third-order valence-electron chi connectivity index (χ3n) is 3.63. The molecule has 1 aromatic rings. The van der Waals surface area contributed by atoms with E-state index in [1.165, 1.54) is 0 Å². The lowest BCUT2D eigenvalue weighted by atomic mass is 10.0. The Bertz CT molecular complexity index is 407. The van der Waals surface area contributed by atoms with Crippen molar-refractivity contribution in [3.8, 4) is 11.5 Å². The average molecular weight is 280 g/mol. The van der Waals surface area contributed by atoms with Crippen LogP contribution in [0.3, 0.4) is 0 Å². The fourth-order valence-corrected chi connectivity index (χ4v) is 2.15. The molecule has 20 heavy (non-hydrogen) atoms. The van der Waals surface area contributed by atoms with Gasteiger partial charge in [-0.1, -0.05) is 26.0 Å². The monoisotopic (exact) mass is 280 g/mol. The van der Waals surface area contributed by atoms with Gasteiger partial charge >= 0.3 is 0 Å². The summed E-state index contributed by atoms with van der Waals surface area (Å²) < 4.78 is 10.8. The quantitative estimate of drug-likeness (QED) is 0.795. The van der Waals surface area contributed by atoms with E-state index >= 15 is 0 Å². The van der Waals surface area contributed by atoms with Crippen LogP contribution in [0.15, 0.2) is 18.2 Å². The standard InChI is InChI=1S/C16H28N2O2/c1-12(2)14(17)9-10-18(3)11-13-7-6-8-15(19-4)16(13)20-5/h6-8,12,14H,9-11,17H2,1-5H3. The van der Waals surface area contributed by atoms with Crippen LogP contribution in [0.4, 0.5) is 0 Å². The van der Waals surface area contributed by atoms with Crippen molar-refractivity contribution in [1.29, 1.82) is 0 Å². The van der Waals surface area contributed by atoms with E-state index in [0.29, 0.717) is 5.92 Å². The van der Waals surface area contributed by atoms with E-state index in [1.54, 1.807) is 14.2 Å². The average Bonchev–Trinajstić information content (AvgIpc) is 2.44. The zero-order valence-corrected chi connectivity index (χ0v) is 13.3. The fourth-order valence-electron chi connectivity index (χ4n) is 2.15. The second-order valence-electron chi connectivity index (χ2n) is 5.59. The molecule has 0 amide bonds. The summed E-state index contributed by atoms with van der Waals surface area (Å²) in [5, 5.41) is 0. The highest BCUT2D eigenvalue weighted by Crippen LogP contribution is 2.31. The van der Waals surface area contributed by atoms with Gasteiger partial charge in [0.15, 0.2) is 11.5 Å². The van der Waals surface area contributed by atoms with Gasteiger partial charge in [-0.25, -0.2) is 0 Å². The van der Waals surface area contributed by atoms with E-state index < -0.39 is 0 Å². The van der Waals surface area contributed by atoms with Crippen LogP contribution in [0.1, 0.15) is 25.8 Å². The Kier molecular flexibility index (Phi) is 6.82. The van der Waals surface area contributed by atoms with Gasteiger partial charge in [0.05, 0.1) is 14.2 Å². The number of ether oxygens (including phenoxy) is 2. The SMILES string of the molecule is COc1cccc(CN(C)CCC(N)C(C)C)c1OC. The van der Waals surface area contributed by atoms with E-state index in [-0.39, 0.29) is 6.04 Å². The summed E-state index contributed by atoms with van der Waals surface area (Å²) in [5.41, 5.74) is 7.22. The molecule has 0 fully saturated rings. The zero-order chi connectivity index (χ0) is 15.1. The van der Waals surface area contributed by atoms with Gasteiger partial charge in [-0.3, -0.25) is 0 Å². The predicted molar refractivity (Wildman–Crippen MR) is 83.3 cm³/mol. The number of benzene rings is 1. The Morgan fingerprint density at radius 3 is 2.45 bits per heavy atom. The second kappa shape index (κ2) is 8.12. The molecular weight excluding hydrogens is 252 g/mol. The van der Waals surface area contributed by atoms with Gasteiger partial charge in [-0.2, -0.15) is 0 Å². The predicted octanol–water partition coefficient (Wildman–Crippen LogP) is 2.51. The molecule has 0 aromatic heterocycles. The number of hydrogen-bond acceptors (Lipinski definition) is 4. The molecule has 2 N–H and O–H groups in total. The minimum absolute atomic E-state index is 0.254. The summed E-state index contributed by atoms with van der Waals surface area (Å²) in [4.78, 5) is 2.26. The Morgan fingerprint density at radius 2 is 1.90 bits per heavy atom. The van der Waals surface area contributed by atoms with Crippen LogP contribution in [0.5, 0.6) is 11.5 Å². The van der Waals surface area contributed by atoms with Crippen LogP contribution < -0.4 is 15.2 Å². The molecule has 0 saturated heterocycles. The van der Waals surface area contributed by atoms with Crippen molar-refractivity contribution in [1.82, 2.24) is 4.90 Å². The Hall–Kier alpha value is -1.26. The maximum atomic E-state index is 6.09. The lowest BCUT2D eigenvalue weighted by molar-refractivity contribution is 0.287. The smallest absolute Gasteiger partial charge is 0.165 e. The van der Waals surface area contributed by atoms with Crippen LogP contribution >= 0.6 is 0 Å². The van der Waals surface area contributed by atoms with Crippen molar-refractivity contribution >= 4 is 0 Å². The van der Waals surface area contributed by atoms with Gasteiger partial charge < -0.3 is 20.1 Å². The van der Waals surface area contributed by atoms with Crippen molar-refractivity contribution in [3.63, 3.8) is 0 Å². The van der Waals surface area contributed by atoms with Crippen LogP contribution in [0, 0.1) is 5.92 Å². The molecule has 1 aromatic carbocycles. The number of nitrogens with two attached hydrogens (primary N) is 1. The van der Waals surface area contributed by atoms with Crippen LogP contribution in [-0.2, 0) is 6.54 Å². The zero-order valence-electron chi connectivity index (χ0n) is 13.3. The molecule has 4 nitrogen and oxygen atoms in total. The molecular formula is C16H28N2O2. The third-order valence-corrected chi connectivity index (χ3v) is 3.63. The number of rotatable bonds is 8. The first-order chi connectivity index (χ1) is 9.49. The fraction of sp³-hybridized carbons (Fsp3) is 0.625. The second-order valence-corrected chi connectivity index (χ2v) is 5.59. The highest BCUT2D eigenvalue weighted by atomic mass is 16.5. The van der Waals surface area contributed by atoms with Crippen molar-refractivity contribution < 1.29 is 9.47 Å². The summed E-state index contributed by atoms with van der Waals surface area (Å²) in [6, 6.07) is 6.23. The number of para-hydroxylation sites is 1. The molecule has 1 unspecified atom stereocenters. The summed E-state index contributed by atoms with van der Waals surface area (Å²) >= 11 is 0. The highest BCUT2D eigenvalue weighted by Gasteiger charge is 2.13. The van der Waals surface area contributed by atoms with Crippen molar-refractivity contribution in [2.24, 2.45) is 11.7 Å². The van der Waals surface area contributed by atoms with Crippen LogP contribution in [0.25, 0.3) is 0 Å². The van der Waals surface area contributed by atoms with Gasteiger partial charge in [0.1, 0.15) is 0 Å². The van der Waals surface area contributed by atoms with Gasteiger partial charge in [0.25, 0.3) is 0 Å². The van der Waals surface area contributed by atoms with Gasteiger partial charge in [0, 0.05) is 18.2 Å². The third kappa shape index (κ3) is 4.69. The lowest BCUT2D eigenvalue weighted by Crippen LogP contribution is -2.31. The highest BCUT2D eigenvalue weighted by molar-refractivity contribution is 5.46. The van der Waals surface area contributed by atoms with Gasteiger partial charge in [-0.05, 0) is 32.0 Å². The number of hydrogen-bond donors (Lipinski definition) is 1. The maximum Gasteiger partial charge on any atom is 0.165 e. The summed E-state index contributed by atoms with van der Waals surface area (Å²) in [6.07, 6.45) is 1.00. The molecule has 0 heterocycles. The lowest BCUT2D eigenvalue weighted by Gasteiger charge is -2.22. The number of nitrogens with zero attached hydrogens (tertiary/aromatic N) is 1. The Balaban J connectivity index is 2.64. The van der Waals surface area contributed by atoms with E-state index in [0.717, 1.165) is 36.6 Å². The van der Waals surface area contributed by atoms with E-state index in [1.807, 2.05) is 12.1 Å². The van der Waals surface area contributed by atoms with E-state index in [2.05, 4.69) is 31.9 Å². The first-order valence-electron chi connectivity index (χ1n) is 7.13. The van der Waals surface area contributed by atoms with Gasteiger partial charge in [0.2, 0.25) is 0 Å². The molecule has 1 rings (SSSR count). The molecule has 0 bridgehead atoms. The van der Waals surface area contributed by atoms with Crippen molar-refractivity contribution in [3.05, 3.63) is 23.8 Å². The molecule has 0 spiro atoms. The first-order valence-corrected chi connectivity index (χ1v) is 7.13. The van der Waals surface area contributed by atoms with Crippen molar-refractivity contribution in [2.45, 2.75) is 32.9 Å². The molecule has 0 aliphatic heterocycles. The van der Waals surface area contributed by atoms with Crippen molar-refractivity contribution in [2.75, 3.05) is 27.8 Å². The summed E-state index contributed by atoms with van der Waals surface area (Å²) in [7, 11) is 5.44. The molecule has 0 radical (unpaired) electrons. The molecule has 4 heteroatoms. The van der Waals surface area contributed by atoms with E-state index in [9.17, 15) is 0 Å². The number of methoxy groups -OCH3 is 2. The first kappa shape index (κ1) is 16.8. The van der Waals surface area contributed by atoms with E-state index in [4.69, 9.17) is 15.2 Å². The van der Waals surface area contributed by atoms with Gasteiger partial charge in [-0.15, -0.1) is 0 Å². The molecule has 1 atom stereocenters. The Labute approximate surface area is 122 Å². The summed E-state index contributed by atoms with van der Waals surface area (Å²) in [5.74, 6) is 2.11. The maximum absolute atomic E-state index is 6.09. The molecule has 0 aliphatic rings. The minimum Gasteiger partial charge on any atom is -0.493 e. The largest absolute Gasteiger partial charge is 0.493 e. The minimum atomic E-state index is 0.254. The normalized spacial score (nSPS) is 12.8. The Morgan fingerprint density at radius 1 is 1.20 bits per heavy atom. The molecule has 0 aliphatic carbocycles. The van der Waals surface area contributed by atoms with Crippen LogP contribution in [0.2, 0.25) is 0 Å². The topological polar surface area (TPSA) is 47.7 Å².